The molecule has 0 saturated heterocycles. The van der Waals surface area contributed by atoms with Gasteiger partial charge in [0.15, 0.2) is 0 Å². The summed E-state index contributed by atoms with van der Waals surface area (Å²) >= 11 is 3.37. The Morgan fingerprint density at radius 3 is 2.54 bits per heavy atom. The molecule has 12 heteroatoms. The van der Waals surface area contributed by atoms with Crippen molar-refractivity contribution in [2.24, 2.45) is 0 Å². The molecule has 4 rings (SSSR count). The van der Waals surface area contributed by atoms with Crippen LogP contribution in [0.5, 0.6) is 5.75 Å². The summed E-state index contributed by atoms with van der Waals surface area (Å²) < 4.78 is 45.9. The predicted octanol–water partition coefficient (Wildman–Crippen LogP) is 4.29. The summed E-state index contributed by atoms with van der Waals surface area (Å²) in [6.45, 7) is 4.52. The van der Waals surface area contributed by atoms with E-state index in [0.717, 1.165) is 12.3 Å². The largest absolute Gasteiger partial charge is 0.506 e. The molecule has 1 aromatic carbocycles. The van der Waals surface area contributed by atoms with E-state index in [1.165, 1.54) is 10.6 Å². The van der Waals surface area contributed by atoms with Crippen molar-refractivity contribution in [2.45, 2.75) is 51.4 Å². The summed E-state index contributed by atoms with van der Waals surface area (Å²) in [4.78, 5) is 41.9. The Morgan fingerprint density at radius 1 is 1.24 bits per heavy atom. The van der Waals surface area contributed by atoms with E-state index in [2.05, 4.69) is 26.2 Å². The number of hydrogen-bond acceptors (Lipinski definition) is 6. The van der Waals surface area contributed by atoms with E-state index in [0.29, 0.717) is 27.5 Å². The second kappa shape index (κ2) is 9.47. The van der Waals surface area contributed by atoms with Crippen molar-refractivity contribution in [3.63, 3.8) is 0 Å². The molecule has 0 spiro atoms. The van der Waals surface area contributed by atoms with E-state index >= 15 is 0 Å². The van der Waals surface area contributed by atoms with Crippen molar-refractivity contribution in [2.75, 3.05) is 6.54 Å². The van der Waals surface area contributed by atoms with Gasteiger partial charge >= 0.3 is 12.1 Å². The maximum absolute atomic E-state index is 13.4. The molecule has 3 heterocycles. The molecule has 2 N–H and O–H groups in total. The molecule has 0 bridgehead atoms. The normalized spacial score (nSPS) is 15.5. The summed E-state index contributed by atoms with van der Waals surface area (Å²) in [6, 6.07) is 5.52. The van der Waals surface area contributed by atoms with E-state index < -0.39 is 58.7 Å². The lowest BCUT2D eigenvalue weighted by atomic mass is 9.88. The van der Waals surface area contributed by atoms with Gasteiger partial charge in [0.25, 0.3) is 11.5 Å². The maximum Gasteiger partial charge on any atom is 0.433 e. The molecule has 3 aromatic rings. The molecule has 0 radical (unpaired) electrons. The van der Waals surface area contributed by atoms with Crippen molar-refractivity contribution in [1.82, 2.24) is 14.9 Å². The number of pyridine rings is 2. The average molecular weight is 582 g/mol. The Morgan fingerprint density at radius 2 is 1.95 bits per heavy atom. The van der Waals surface area contributed by atoms with E-state index in [4.69, 9.17) is 4.74 Å². The molecule has 0 aliphatic carbocycles. The molecule has 37 heavy (non-hydrogen) atoms. The highest BCUT2D eigenvalue weighted by atomic mass is 79.9. The van der Waals surface area contributed by atoms with Gasteiger partial charge in [-0.25, -0.2) is 0 Å². The highest BCUT2D eigenvalue weighted by Crippen LogP contribution is 2.38. The van der Waals surface area contributed by atoms with Crippen LogP contribution in [0.2, 0.25) is 0 Å². The lowest BCUT2D eigenvalue weighted by molar-refractivity contribution is -0.153. The highest BCUT2D eigenvalue weighted by molar-refractivity contribution is 9.10. The molecule has 1 amide bonds. The van der Waals surface area contributed by atoms with Gasteiger partial charge in [-0.15, -0.1) is 0 Å². The summed E-state index contributed by atoms with van der Waals surface area (Å²) in [6.07, 6.45) is -3.08. The van der Waals surface area contributed by atoms with Gasteiger partial charge < -0.3 is 19.7 Å². The number of aromatic nitrogens is 2. The third-order valence-electron chi connectivity index (χ3n) is 5.83. The average Bonchev–Trinajstić information content (AvgIpc) is 2.79. The summed E-state index contributed by atoms with van der Waals surface area (Å²) in [5.41, 5.74) is -1.57. The van der Waals surface area contributed by atoms with Crippen molar-refractivity contribution < 1.29 is 32.6 Å². The first-order chi connectivity index (χ1) is 17.2. The van der Waals surface area contributed by atoms with Gasteiger partial charge in [0.1, 0.15) is 29.2 Å². The molecule has 1 atom stereocenters. The number of ether oxygens (including phenoxy) is 1. The minimum Gasteiger partial charge on any atom is -0.506 e. The monoisotopic (exact) mass is 581 g/mol. The topological polar surface area (TPSA) is 111 Å². The number of nitrogens with one attached hydrogen (secondary N) is 1. The van der Waals surface area contributed by atoms with Crippen LogP contribution < -0.4 is 10.9 Å². The molecule has 2 aromatic heterocycles. The molecule has 1 aliphatic heterocycles. The number of benzene rings is 1. The minimum atomic E-state index is -4.58. The second-order valence-electron chi connectivity index (χ2n) is 9.75. The smallest absolute Gasteiger partial charge is 0.433 e. The van der Waals surface area contributed by atoms with Crippen LogP contribution in [-0.2, 0) is 28.7 Å². The van der Waals surface area contributed by atoms with Gasteiger partial charge in [0, 0.05) is 28.5 Å². The fourth-order valence-electron chi connectivity index (χ4n) is 4.37. The van der Waals surface area contributed by atoms with Crippen molar-refractivity contribution in [3.05, 3.63) is 67.7 Å². The molecule has 8 nitrogen and oxygen atoms in total. The fraction of sp³-hybridized carbons (Fsp3) is 0.360. The zero-order valence-corrected chi connectivity index (χ0v) is 21.7. The number of aromatic hydroxyl groups is 1. The Bertz CT molecular complexity index is 1460. The van der Waals surface area contributed by atoms with E-state index in [1.807, 2.05) is 0 Å². The standard InChI is InChI=1S/C25H23BrF3N3O5/c1-24(2,3)37-18(33)10-31-22(35)19-21(34)16-8-15(26)7-13-6-14(11-32(20(13)16)23(19)36)12-4-5-17(30-9-12)25(27,28)29/h4-5,7-9,14,34H,6,10-11H2,1-3H3,(H,31,35). The summed E-state index contributed by atoms with van der Waals surface area (Å²) in [5.74, 6) is -2.63. The summed E-state index contributed by atoms with van der Waals surface area (Å²) in [7, 11) is 0. The van der Waals surface area contributed by atoms with Crippen molar-refractivity contribution >= 4 is 38.7 Å². The number of hydrogen-bond donors (Lipinski definition) is 2. The molecule has 196 valence electrons. The molecule has 1 aliphatic rings. The third-order valence-corrected chi connectivity index (χ3v) is 6.29. The number of nitrogens with zero attached hydrogens (tertiary/aromatic N) is 2. The third kappa shape index (κ3) is 5.48. The van der Waals surface area contributed by atoms with Crippen molar-refractivity contribution in [3.8, 4) is 5.75 Å². The van der Waals surface area contributed by atoms with Crippen LogP contribution in [0.15, 0.2) is 39.7 Å². The zero-order valence-electron chi connectivity index (χ0n) is 20.1. The molecule has 1 unspecified atom stereocenters. The second-order valence-corrected chi connectivity index (χ2v) is 10.7. The Hall–Kier alpha value is -3.41. The summed E-state index contributed by atoms with van der Waals surface area (Å²) in [5, 5.41) is 13.5. The Kier molecular flexibility index (Phi) is 6.82. The molecular weight excluding hydrogens is 559 g/mol. The van der Waals surface area contributed by atoms with Crippen LogP contribution in [0.3, 0.4) is 0 Å². The van der Waals surface area contributed by atoms with Crippen LogP contribution in [0, 0.1) is 0 Å². The first-order valence-electron chi connectivity index (χ1n) is 11.3. The maximum atomic E-state index is 13.4. The molecular formula is C25H23BrF3N3O5. The lowest BCUT2D eigenvalue weighted by Crippen LogP contribution is -2.39. The predicted molar refractivity (Wildman–Crippen MR) is 131 cm³/mol. The van der Waals surface area contributed by atoms with Gasteiger partial charge in [-0.05, 0) is 56.5 Å². The van der Waals surface area contributed by atoms with Gasteiger partial charge in [-0.3, -0.25) is 19.4 Å². The molecule has 0 saturated carbocycles. The van der Waals surface area contributed by atoms with E-state index in [9.17, 15) is 32.7 Å². The number of alkyl halides is 3. The Balaban J connectivity index is 1.73. The number of carbonyl (C=O) groups is 2. The number of esters is 1. The van der Waals surface area contributed by atoms with Gasteiger partial charge in [-0.1, -0.05) is 22.0 Å². The van der Waals surface area contributed by atoms with Gasteiger partial charge in [0.2, 0.25) is 0 Å². The van der Waals surface area contributed by atoms with Gasteiger partial charge in [0.05, 0.1) is 5.52 Å². The lowest BCUT2D eigenvalue weighted by Gasteiger charge is -2.28. The number of amides is 1. The first kappa shape index (κ1) is 26.6. The van der Waals surface area contributed by atoms with Crippen LogP contribution in [0.4, 0.5) is 13.2 Å². The Labute approximate surface area is 217 Å². The molecule has 0 fully saturated rings. The fourth-order valence-corrected chi connectivity index (χ4v) is 4.87. The highest BCUT2D eigenvalue weighted by Gasteiger charge is 2.33. The minimum absolute atomic E-state index is 0.0453. The quantitative estimate of drug-likeness (QED) is 0.445. The van der Waals surface area contributed by atoms with E-state index in [1.54, 1.807) is 32.9 Å². The first-order valence-corrected chi connectivity index (χ1v) is 12.1. The van der Waals surface area contributed by atoms with Crippen LogP contribution >= 0.6 is 15.9 Å². The van der Waals surface area contributed by atoms with Crippen LogP contribution in [0.25, 0.3) is 10.9 Å². The van der Waals surface area contributed by atoms with Gasteiger partial charge in [-0.2, -0.15) is 13.2 Å². The number of rotatable bonds is 4. The number of halogens is 4. The van der Waals surface area contributed by atoms with E-state index in [-0.39, 0.29) is 11.9 Å². The van der Waals surface area contributed by atoms with Crippen LogP contribution in [0.1, 0.15) is 53.9 Å². The zero-order chi connectivity index (χ0) is 27.3. The van der Waals surface area contributed by atoms with Crippen molar-refractivity contribution in [1.29, 1.82) is 0 Å². The van der Waals surface area contributed by atoms with Crippen LogP contribution in [-0.4, -0.2) is 38.7 Å². The SMILES string of the molecule is CC(C)(C)OC(=O)CNC(=O)c1c(O)c2cc(Br)cc3c2n(c1=O)CC(c1ccc(C(F)(F)F)nc1)C3. The number of carbonyl (C=O) groups excluding carboxylic acids is 2.